The van der Waals surface area contributed by atoms with Crippen LogP contribution in [0.4, 0.5) is 0 Å². The monoisotopic (exact) mass is 478 g/mol. The molecule has 0 fully saturated rings. The van der Waals surface area contributed by atoms with Gasteiger partial charge < -0.3 is 14.2 Å². The van der Waals surface area contributed by atoms with Gasteiger partial charge in [-0.2, -0.15) is 0 Å². The summed E-state index contributed by atoms with van der Waals surface area (Å²) >= 11 is 3.35. The molecule has 0 saturated heterocycles. The van der Waals surface area contributed by atoms with Crippen molar-refractivity contribution in [2.24, 2.45) is 0 Å². The molecular formula is C25H19BrO5. The van der Waals surface area contributed by atoms with Crippen LogP contribution >= 0.6 is 15.9 Å². The van der Waals surface area contributed by atoms with Gasteiger partial charge in [0.25, 0.3) is 0 Å². The Morgan fingerprint density at radius 2 is 1.81 bits per heavy atom. The molecule has 0 amide bonds. The van der Waals surface area contributed by atoms with E-state index in [1.54, 1.807) is 48.5 Å². The minimum atomic E-state index is -0.209. The van der Waals surface area contributed by atoms with E-state index in [-0.39, 0.29) is 23.9 Å². The zero-order chi connectivity index (χ0) is 21.8. The third-order valence-corrected chi connectivity index (χ3v) is 5.21. The molecule has 0 spiro atoms. The summed E-state index contributed by atoms with van der Waals surface area (Å²) in [5, 5.41) is 0. The lowest BCUT2D eigenvalue weighted by Crippen LogP contribution is -2.11. The molecule has 3 aromatic carbocycles. The first-order valence-electron chi connectivity index (χ1n) is 9.77. The van der Waals surface area contributed by atoms with E-state index in [2.05, 4.69) is 15.9 Å². The average Bonchev–Trinajstić information content (AvgIpc) is 3.08. The van der Waals surface area contributed by atoms with Crippen molar-refractivity contribution in [2.45, 2.75) is 6.92 Å². The molecule has 5 nitrogen and oxygen atoms in total. The molecule has 3 aromatic rings. The highest BCUT2D eigenvalue weighted by Gasteiger charge is 2.28. The number of benzene rings is 3. The van der Waals surface area contributed by atoms with Crippen LogP contribution in [0.2, 0.25) is 0 Å². The van der Waals surface area contributed by atoms with E-state index in [4.69, 9.17) is 14.2 Å². The number of ether oxygens (including phenoxy) is 3. The fourth-order valence-corrected chi connectivity index (χ4v) is 3.42. The van der Waals surface area contributed by atoms with Crippen molar-refractivity contribution in [1.82, 2.24) is 0 Å². The summed E-state index contributed by atoms with van der Waals surface area (Å²) in [4.78, 5) is 25.0. The van der Waals surface area contributed by atoms with Crippen molar-refractivity contribution in [3.63, 3.8) is 0 Å². The SMILES string of the molecule is CCOc1ccccc1C=C1Oc2cc(OCC(=O)c3ccc(Br)cc3)ccc2C1=O. The maximum absolute atomic E-state index is 12.7. The predicted molar refractivity (Wildman–Crippen MR) is 121 cm³/mol. The van der Waals surface area contributed by atoms with Crippen LogP contribution in [0.15, 0.2) is 77.0 Å². The van der Waals surface area contributed by atoms with E-state index in [1.165, 1.54) is 0 Å². The van der Waals surface area contributed by atoms with Crippen LogP contribution in [0, 0.1) is 0 Å². The molecule has 0 unspecified atom stereocenters. The minimum absolute atomic E-state index is 0.112. The number of fused-ring (bicyclic) bond motifs is 1. The highest BCUT2D eigenvalue weighted by Crippen LogP contribution is 2.35. The van der Waals surface area contributed by atoms with E-state index >= 15 is 0 Å². The highest BCUT2D eigenvalue weighted by atomic mass is 79.9. The van der Waals surface area contributed by atoms with Gasteiger partial charge in [-0.1, -0.05) is 46.3 Å². The number of Topliss-reactive ketones (excluding diaryl/α,β-unsaturated/α-hetero) is 2. The molecule has 31 heavy (non-hydrogen) atoms. The molecule has 0 bridgehead atoms. The van der Waals surface area contributed by atoms with Gasteiger partial charge in [0.2, 0.25) is 5.78 Å². The second-order valence-electron chi connectivity index (χ2n) is 6.79. The minimum Gasteiger partial charge on any atom is -0.493 e. The number of hydrogen-bond acceptors (Lipinski definition) is 5. The first-order valence-corrected chi connectivity index (χ1v) is 10.6. The molecule has 0 saturated carbocycles. The van der Waals surface area contributed by atoms with Crippen LogP contribution < -0.4 is 14.2 Å². The van der Waals surface area contributed by atoms with Gasteiger partial charge in [-0.25, -0.2) is 0 Å². The molecule has 1 aliphatic rings. The molecule has 1 heterocycles. The molecule has 0 aromatic heterocycles. The van der Waals surface area contributed by atoms with Crippen molar-refractivity contribution in [3.05, 3.63) is 93.7 Å². The third-order valence-electron chi connectivity index (χ3n) is 4.68. The van der Waals surface area contributed by atoms with Gasteiger partial charge in [-0.15, -0.1) is 0 Å². The lowest BCUT2D eigenvalue weighted by atomic mass is 10.1. The molecule has 4 rings (SSSR count). The topological polar surface area (TPSA) is 61.8 Å². The Morgan fingerprint density at radius 3 is 2.58 bits per heavy atom. The largest absolute Gasteiger partial charge is 0.493 e. The molecule has 1 aliphatic heterocycles. The maximum Gasteiger partial charge on any atom is 0.231 e. The number of rotatable bonds is 7. The lowest BCUT2D eigenvalue weighted by molar-refractivity contribution is 0.0921. The van der Waals surface area contributed by atoms with Gasteiger partial charge in [0, 0.05) is 21.7 Å². The summed E-state index contributed by atoms with van der Waals surface area (Å²) in [5.41, 5.74) is 1.78. The fraction of sp³-hybridized carbons (Fsp3) is 0.120. The number of ketones is 2. The fourth-order valence-electron chi connectivity index (χ4n) is 3.15. The number of para-hydroxylation sites is 1. The molecule has 6 heteroatoms. The van der Waals surface area contributed by atoms with Crippen LogP contribution in [0.1, 0.15) is 33.2 Å². The number of carbonyl (C=O) groups is 2. The van der Waals surface area contributed by atoms with Crippen molar-refractivity contribution < 1.29 is 23.8 Å². The molecule has 0 radical (unpaired) electrons. The quantitative estimate of drug-likeness (QED) is 0.320. The highest BCUT2D eigenvalue weighted by molar-refractivity contribution is 9.10. The normalized spacial score (nSPS) is 13.6. The Bertz CT molecular complexity index is 1160. The van der Waals surface area contributed by atoms with E-state index in [0.717, 1.165) is 10.0 Å². The molecule has 156 valence electrons. The summed E-state index contributed by atoms with van der Waals surface area (Å²) in [5.74, 6) is 1.40. The predicted octanol–water partition coefficient (Wildman–Crippen LogP) is 5.73. The maximum atomic E-state index is 12.7. The van der Waals surface area contributed by atoms with Gasteiger partial charge in [-0.05, 0) is 43.3 Å². The zero-order valence-corrected chi connectivity index (χ0v) is 18.3. The van der Waals surface area contributed by atoms with Crippen molar-refractivity contribution >= 4 is 33.6 Å². The van der Waals surface area contributed by atoms with Gasteiger partial charge in [0.1, 0.15) is 17.2 Å². The first kappa shape index (κ1) is 20.9. The Balaban J connectivity index is 1.48. The summed E-state index contributed by atoms with van der Waals surface area (Å²) < 4.78 is 17.9. The van der Waals surface area contributed by atoms with Gasteiger partial charge in [0.15, 0.2) is 18.1 Å². The van der Waals surface area contributed by atoms with E-state index in [0.29, 0.717) is 35.0 Å². The van der Waals surface area contributed by atoms with E-state index in [9.17, 15) is 9.59 Å². The Labute approximate surface area is 188 Å². The smallest absolute Gasteiger partial charge is 0.231 e. The van der Waals surface area contributed by atoms with Crippen molar-refractivity contribution in [3.8, 4) is 17.2 Å². The number of halogens is 1. The van der Waals surface area contributed by atoms with Crippen LogP contribution in [-0.2, 0) is 0 Å². The average molecular weight is 479 g/mol. The number of hydrogen-bond donors (Lipinski definition) is 0. The molecular weight excluding hydrogens is 460 g/mol. The summed E-state index contributed by atoms with van der Waals surface area (Å²) in [6.45, 7) is 2.31. The van der Waals surface area contributed by atoms with E-state index in [1.807, 2.05) is 31.2 Å². The Hall–Kier alpha value is -3.38. The Kier molecular flexibility index (Phi) is 6.18. The van der Waals surface area contributed by atoms with Crippen LogP contribution in [0.5, 0.6) is 17.2 Å². The van der Waals surface area contributed by atoms with Gasteiger partial charge >= 0.3 is 0 Å². The first-order chi connectivity index (χ1) is 15.0. The van der Waals surface area contributed by atoms with E-state index < -0.39 is 0 Å². The van der Waals surface area contributed by atoms with Crippen LogP contribution in [0.3, 0.4) is 0 Å². The summed E-state index contributed by atoms with van der Waals surface area (Å²) in [6.07, 6.45) is 1.67. The standard InChI is InChI=1S/C25H19BrO5/c1-2-29-22-6-4-3-5-17(22)13-24-25(28)20-12-11-19(14-23(20)31-24)30-15-21(27)16-7-9-18(26)10-8-16/h3-14H,2,15H2,1H3. The summed E-state index contributed by atoms with van der Waals surface area (Å²) in [7, 11) is 0. The summed E-state index contributed by atoms with van der Waals surface area (Å²) in [6, 6.07) is 19.5. The van der Waals surface area contributed by atoms with Crippen molar-refractivity contribution in [2.75, 3.05) is 13.2 Å². The molecule has 0 N–H and O–H groups in total. The zero-order valence-electron chi connectivity index (χ0n) is 16.8. The lowest BCUT2D eigenvalue weighted by Gasteiger charge is -2.07. The van der Waals surface area contributed by atoms with Gasteiger partial charge in [-0.3, -0.25) is 9.59 Å². The second-order valence-corrected chi connectivity index (χ2v) is 7.70. The number of allylic oxidation sites excluding steroid dienone is 1. The molecule has 0 atom stereocenters. The third kappa shape index (κ3) is 4.70. The van der Waals surface area contributed by atoms with Crippen molar-refractivity contribution in [1.29, 1.82) is 0 Å². The Morgan fingerprint density at radius 1 is 1.03 bits per heavy atom. The number of carbonyl (C=O) groups excluding carboxylic acids is 2. The van der Waals surface area contributed by atoms with Crippen LogP contribution in [0.25, 0.3) is 6.08 Å². The van der Waals surface area contributed by atoms with Gasteiger partial charge in [0.05, 0.1) is 12.2 Å². The molecule has 0 aliphatic carbocycles. The second kappa shape index (κ2) is 9.18. The van der Waals surface area contributed by atoms with Crippen LogP contribution in [-0.4, -0.2) is 24.8 Å².